The van der Waals surface area contributed by atoms with Crippen LogP contribution in [0.5, 0.6) is 0 Å². The first-order valence-electron chi connectivity index (χ1n) is 4.45. The molecule has 0 aromatic heterocycles. The molecule has 0 aliphatic carbocycles. The number of allylic oxidation sites excluding steroid dienone is 1. The number of nitrogens with zero attached hydrogens (tertiary/aromatic N) is 1. The second-order valence-electron chi connectivity index (χ2n) is 3.76. The van der Waals surface area contributed by atoms with Crippen molar-refractivity contribution in [3.63, 3.8) is 0 Å². The lowest BCUT2D eigenvalue weighted by atomic mass is 9.83. The van der Waals surface area contributed by atoms with E-state index in [2.05, 4.69) is 4.90 Å². The van der Waals surface area contributed by atoms with Gasteiger partial charge in [0, 0.05) is 12.2 Å². The van der Waals surface area contributed by atoms with Crippen LogP contribution < -0.4 is 5.73 Å². The van der Waals surface area contributed by atoms with E-state index in [0.29, 0.717) is 0 Å². The van der Waals surface area contributed by atoms with Gasteiger partial charge in [0.15, 0.2) is 0 Å². The number of nitrogens with two attached hydrogens (primary N) is 1. The van der Waals surface area contributed by atoms with Gasteiger partial charge in [0.2, 0.25) is 0 Å². The summed E-state index contributed by atoms with van der Waals surface area (Å²) >= 11 is 0. The van der Waals surface area contributed by atoms with Gasteiger partial charge in [-0.1, -0.05) is 0 Å². The molecule has 0 spiro atoms. The van der Waals surface area contributed by atoms with Gasteiger partial charge >= 0.3 is 0 Å². The first-order valence-corrected chi connectivity index (χ1v) is 4.45. The van der Waals surface area contributed by atoms with Gasteiger partial charge in [-0.15, -0.1) is 0 Å². The molecule has 0 unspecified atom stereocenters. The molecule has 0 radical (unpaired) electrons. The Morgan fingerprint density at radius 1 is 1.45 bits per heavy atom. The van der Waals surface area contributed by atoms with Crippen molar-refractivity contribution in [2.45, 2.75) is 19.8 Å². The minimum Gasteiger partial charge on any atom is -0.402 e. The van der Waals surface area contributed by atoms with Gasteiger partial charge in [-0.05, 0) is 44.3 Å². The van der Waals surface area contributed by atoms with Gasteiger partial charge in [0.1, 0.15) is 0 Å². The summed E-state index contributed by atoms with van der Waals surface area (Å²) in [7, 11) is 0. The Kier molecular flexibility index (Phi) is 1.64. The smallest absolute Gasteiger partial charge is 0.0215 e. The average molecular weight is 152 g/mol. The summed E-state index contributed by atoms with van der Waals surface area (Å²) in [6.45, 7) is 5.77. The number of fused-ring (bicyclic) bond motifs is 3. The zero-order valence-corrected chi connectivity index (χ0v) is 7.14. The van der Waals surface area contributed by atoms with Gasteiger partial charge in [-0.25, -0.2) is 0 Å². The molecule has 2 N–H and O–H groups in total. The Bertz CT molecular complexity index is 184. The summed E-state index contributed by atoms with van der Waals surface area (Å²) in [6.07, 6.45) is 2.67. The molecular formula is C9H16N2. The third-order valence-electron chi connectivity index (χ3n) is 2.98. The van der Waals surface area contributed by atoms with E-state index < -0.39 is 0 Å². The number of hydrogen-bond acceptors (Lipinski definition) is 2. The normalized spacial score (nSPS) is 40.8. The van der Waals surface area contributed by atoms with Gasteiger partial charge in [-0.2, -0.15) is 0 Å². The second-order valence-corrected chi connectivity index (χ2v) is 3.76. The minimum atomic E-state index is 0.824. The minimum absolute atomic E-state index is 0.824. The Balaban J connectivity index is 2.21. The molecule has 2 bridgehead atoms. The third kappa shape index (κ3) is 1.16. The standard InChI is InChI=1S/C9H16N2/c1-7(10)9-6-11-4-2-8(9)3-5-11/h8H,2-6,10H2,1H3. The summed E-state index contributed by atoms with van der Waals surface area (Å²) in [4.78, 5) is 2.51. The Hall–Kier alpha value is -0.500. The van der Waals surface area contributed by atoms with Gasteiger partial charge in [0.05, 0.1) is 0 Å². The van der Waals surface area contributed by atoms with Crippen LogP contribution in [0.3, 0.4) is 0 Å². The maximum Gasteiger partial charge on any atom is 0.0215 e. The van der Waals surface area contributed by atoms with Crippen LogP contribution in [0.15, 0.2) is 11.3 Å². The molecule has 0 aromatic rings. The van der Waals surface area contributed by atoms with Crippen molar-refractivity contribution < 1.29 is 0 Å². The topological polar surface area (TPSA) is 29.3 Å². The van der Waals surface area contributed by atoms with E-state index in [1.807, 2.05) is 6.92 Å². The van der Waals surface area contributed by atoms with E-state index in [1.165, 1.54) is 31.5 Å². The predicted molar refractivity (Wildman–Crippen MR) is 46.1 cm³/mol. The SMILES string of the molecule is CC(N)=C1CN2CCC1CC2. The van der Waals surface area contributed by atoms with Crippen LogP contribution in [0.1, 0.15) is 19.8 Å². The molecule has 2 nitrogen and oxygen atoms in total. The van der Waals surface area contributed by atoms with Crippen molar-refractivity contribution in [3.05, 3.63) is 11.3 Å². The fraction of sp³-hybridized carbons (Fsp3) is 0.778. The Morgan fingerprint density at radius 2 is 2.09 bits per heavy atom. The van der Waals surface area contributed by atoms with E-state index in [1.54, 1.807) is 0 Å². The number of hydrogen-bond donors (Lipinski definition) is 1. The van der Waals surface area contributed by atoms with Crippen molar-refractivity contribution in [1.82, 2.24) is 4.90 Å². The number of piperidine rings is 3. The quantitative estimate of drug-likeness (QED) is 0.560. The lowest BCUT2D eigenvalue weighted by Gasteiger charge is -2.41. The molecule has 3 fully saturated rings. The van der Waals surface area contributed by atoms with Crippen molar-refractivity contribution in [3.8, 4) is 0 Å². The summed E-state index contributed by atoms with van der Waals surface area (Å²) in [6, 6.07) is 0. The van der Waals surface area contributed by atoms with E-state index in [0.717, 1.165) is 18.2 Å². The lowest BCUT2D eigenvalue weighted by Crippen LogP contribution is -2.43. The van der Waals surface area contributed by atoms with E-state index >= 15 is 0 Å². The molecular weight excluding hydrogens is 136 g/mol. The zero-order chi connectivity index (χ0) is 7.84. The average Bonchev–Trinajstić information content (AvgIpc) is 2.06. The molecule has 2 heteroatoms. The summed E-state index contributed by atoms with van der Waals surface area (Å²) in [5.41, 5.74) is 8.39. The largest absolute Gasteiger partial charge is 0.402 e. The molecule has 3 saturated heterocycles. The summed E-state index contributed by atoms with van der Waals surface area (Å²) < 4.78 is 0. The maximum absolute atomic E-state index is 5.81. The monoisotopic (exact) mass is 152 g/mol. The molecule has 0 saturated carbocycles. The fourth-order valence-electron chi connectivity index (χ4n) is 2.26. The Morgan fingerprint density at radius 3 is 2.36 bits per heavy atom. The molecule has 0 atom stereocenters. The highest BCUT2D eigenvalue weighted by Gasteiger charge is 2.29. The van der Waals surface area contributed by atoms with Crippen molar-refractivity contribution in [1.29, 1.82) is 0 Å². The van der Waals surface area contributed by atoms with Crippen molar-refractivity contribution in [2.24, 2.45) is 11.7 Å². The van der Waals surface area contributed by atoms with E-state index in [-0.39, 0.29) is 0 Å². The zero-order valence-electron chi connectivity index (χ0n) is 7.14. The molecule has 62 valence electrons. The molecule has 3 aliphatic rings. The van der Waals surface area contributed by atoms with E-state index in [9.17, 15) is 0 Å². The van der Waals surface area contributed by atoms with Crippen LogP contribution in [-0.4, -0.2) is 24.5 Å². The highest BCUT2D eigenvalue weighted by Crippen LogP contribution is 2.32. The van der Waals surface area contributed by atoms with Crippen LogP contribution >= 0.6 is 0 Å². The molecule has 11 heavy (non-hydrogen) atoms. The van der Waals surface area contributed by atoms with E-state index in [4.69, 9.17) is 5.73 Å². The highest BCUT2D eigenvalue weighted by atomic mass is 15.1. The first kappa shape index (κ1) is 7.17. The molecule has 3 heterocycles. The van der Waals surface area contributed by atoms with Crippen LogP contribution in [0.25, 0.3) is 0 Å². The Labute approximate surface area is 68.1 Å². The van der Waals surface area contributed by atoms with Gasteiger partial charge in [0.25, 0.3) is 0 Å². The van der Waals surface area contributed by atoms with Gasteiger partial charge < -0.3 is 5.73 Å². The fourth-order valence-corrected chi connectivity index (χ4v) is 2.26. The summed E-state index contributed by atoms with van der Waals surface area (Å²) in [5, 5.41) is 0. The van der Waals surface area contributed by atoms with Crippen LogP contribution in [0.2, 0.25) is 0 Å². The lowest BCUT2D eigenvalue weighted by molar-refractivity contribution is 0.160. The van der Waals surface area contributed by atoms with Crippen LogP contribution in [0, 0.1) is 5.92 Å². The van der Waals surface area contributed by atoms with Gasteiger partial charge in [-0.3, -0.25) is 4.90 Å². The van der Waals surface area contributed by atoms with Crippen LogP contribution in [0.4, 0.5) is 0 Å². The number of rotatable bonds is 0. The molecule has 0 amide bonds. The van der Waals surface area contributed by atoms with Crippen LogP contribution in [-0.2, 0) is 0 Å². The third-order valence-corrected chi connectivity index (χ3v) is 2.98. The highest BCUT2D eigenvalue weighted by molar-refractivity contribution is 5.19. The first-order chi connectivity index (χ1) is 5.27. The summed E-state index contributed by atoms with van der Waals surface area (Å²) in [5.74, 6) is 0.824. The molecule has 3 aliphatic heterocycles. The van der Waals surface area contributed by atoms with Crippen molar-refractivity contribution in [2.75, 3.05) is 19.6 Å². The molecule has 0 aromatic carbocycles. The van der Waals surface area contributed by atoms with Crippen molar-refractivity contribution >= 4 is 0 Å². The second kappa shape index (κ2) is 2.52. The predicted octanol–water partition coefficient (Wildman–Crippen LogP) is 0.945. The molecule has 3 rings (SSSR count). The maximum atomic E-state index is 5.81.